The van der Waals surface area contributed by atoms with Gasteiger partial charge < -0.3 is 4.74 Å². The van der Waals surface area contributed by atoms with E-state index in [4.69, 9.17) is 16.3 Å². The third-order valence-corrected chi connectivity index (χ3v) is 4.56. The fourth-order valence-electron chi connectivity index (χ4n) is 1.58. The molecule has 1 aromatic carbocycles. The molecule has 1 amide bonds. The van der Waals surface area contributed by atoms with E-state index in [0.717, 1.165) is 0 Å². The lowest BCUT2D eigenvalue weighted by Gasteiger charge is -2.18. The lowest BCUT2D eigenvalue weighted by atomic mass is 10.3. The van der Waals surface area contributed by atoms with Crippen molar-refractivity contribution in [3.63, 3.8) is 0 Å². The fraction of sp³-hybridized carbons (Fsp3) is 0.182. The van der Waals surface area contributed by atoms with E-state index in [9.17, 15) is 13.2 Å². The Morgan fingerprint density at radius 2 is 2.00 bits per heavy atom. The van der Waals surface area contributed by atoms with Gasteiger partial charge in [-0.15, -0.1) is 6.58 Å². The maximum atomic E-state index is 12.3. The zero-order chi connectivity index (χ0) is 13.3. The van der Waals surface area contributed by atoms with Gasteiger partial charge in [0.05, 0.1) is 4.90 Å². The number of cyclic esters (lactones) is 1. The van der Waals surface area contributed by atoms with Crippen LogP contribution >= 0.6 is 11.6 Å². The summed E-state index contributed by atoms with van der Waals surface area (Å²) in [6.07, 6.45) is 0.466. The first-order valence-electron chi connectivity index (χ1n) is 5.06. The molecule has 0 radical (unpaired) electrons. The topological polar surface area (TPSA) is 63.7 Å². The lowest BCUT2D eigenvalue weighted by molar-refractivity contribution is 0.170. The van der Waals surface area contributed by atoms with E-state index >= 15 is 0 Å². The molecule has 18 heavy (non-hydrogen) atoms. The number of hydrogen-bond donors (Lipinski definition) is 0. The summed E-state index contributed by atoms with van der Waals surface area (Å²) < 4.78 is 29.9. The number of halogens is 1. The van der Waals surface area contributed by atoms with E-state index in [0.29, 0.717) is 9.33 Å². The standard InChI is InChI=1S/C11H10ClNO4S/c1-2-9-7-17-11(14)13(9)18(15,16)10-5-3-8(12)4-6-10/h2-6,9H,1,7H2/t9-/m0/s1. The number of sulfonamides is 1. The van der Waals surface area contributed by atoms with Crippen LogP contribution in [0, 0.1) is 0 Å². The average Bonchev–Trinajstić information content (AvgIpc) is 2.71. The molecular weight excluding hydrogens is 278 g/mol. The molecule has 96 valence electrons. The number of amides is 1. The van der Waals surface area contributed by atoms with E-state index in [1.165, 1.54) is 30.3 Å². The smallest absolute Gasteiger partial charge is 0.424 e. The average molecular weight is 288 g/mol. The van der Waals surface area contributed by atoms with Crippen LogP contribution in [0.1, 0.15) is 0 Å². The minimum absolute atomic E-state index is 0.0161. The molecular formula is C11H10ClNO4S. The lowest BCUT2D eigenvalue weighted by Crippen LogP contribution is -2.37. The second-order valence-corrected chi connectivity index (χ2v) is 5.89. The number of ether oxygens (including phenoxy) is 1. The molecule has 1 saturated heterocycles. The molecule has 7 heteroatoms. The monoisotopic (exact) mass is 287 g/mol. The molecule has 1 aliphatic rings. The number of carbonyl (C=O) groups excluding carboxylic acids is 1. The van der Waals surface area contributed by atoms with Gasteiger partial charge in [-0.25, -0.2) is 13.2 Å². The summed E-state index contributed by atoms with van der Waals surface area (Å²) in [4.78, 5) is 11.5. The summed E-state index contributed by atoms with van der Waals surface area (Å²) in [7, 11) is -3.94. The Labute approximate surface area is 110 Å². The molecule has 1 fully saturated rings. The summed E-state index contributed by atoms with van der Waals surface area (Å²) in [5.41, 5.74) is 0. The zero-order valence-electron chi connectivity index (χ0n) is 9.24. The summed E-state index contributed by atoms with van der Waals surface area (Å²) in [5.74, 6) is 0. The Morgan fingerprint density at radius 3 is 2.56 bits per heavy atom. The van der Waals surface area contributed by atoms with Crippen molar-refractivity contribution in [2.45, 2.75) is 10.9 Å². The Hall–Kier alpha value is -1.53. The Balaban J connectivity index is 2.44. The van der Waals surface area contributed by atoms with Crippen molar-refractivity contribution in [2.24, 2.45) is 0 Å². The van der Waals surface area contributed by atoms with Gasteiger partial charge >= 0.3 is 6.09 Å². The molecule has 0 spiro atoms. The normalized spacial score (nSPS) is 19.7. The largest absolute Gasteiger partial charge is 0.446 e. The van der Waals surface area contributed by atoms with Gasteiger partial charge in [0.15, 0.2) is 0 Å². The Bertz CT molecular complexity index is 582. The Morgan fingerprint density at radius 1 is 1.39 bits per heavy atom. The second kappa shape index (κ2) is 4.62. The van der Waals surface area contributed by atoms with Gasteiger partial charge in [0.2, 0.25) is 0 Å². The molecule has 2 rings (SSSR count). The fourth-order valence-corrected chi connectivity index (χ4v) is 3.17. The molecule has 1 aliphatic heterocycles. The SMILES string of the molecule is C=C[C@H]1COC(=O)N1S(=O)(=O)c1ccc(Cl)cc1. The van der Waals surface area contributed by atoms with E-state index in [1.54, 1.807) is 0 Å². The zero-order valence-corrected chi connectivity index (χ0v) is 10.8. The van der Waals surface area contributed by atoms with Crippen LogP contribution in [-0.2, 0) is 14.8 Å². The van der Waals surface area contributed by atoms with Crippen molar-refractivity contribution in [3.8, 4) is 0 Å². The van der Waals surface area contributed by atoms with Gasteiger partial charge in [0, 0.05) is 5.02 Å². The van der Waals surface area contributed by atoms with Crippen LogP contribution in [0.3, 0.4) is 0 Å². The minimum Gasteiger partial charge on any atom is -0.446 e. The second-order valence-electron chi connectivity index (χ2n) is 3.63. The Kier molecular flexibility index (Phi) is 3.32. The van der Waals surface area contributed by atoms with Crippen molar-refractivity contribution in [1.82, 2.24) is 4.31 Å². The van der Waals surface area contributed by atoms with Gasteiger partial charge in [-0.1, -0.05) is 17.7 Å². The van der Waals surface area contributed by atoms with Crippen molar-refractivity contribution >= 4 is 27.7 Å². The number of carbonyl (C=O) groups is 1. The molecule has 1 atom stereocenters. The van der Waals surface area contributed by atoms with Crippen molar-refractivity contribution < 1.29 is 17.9 Å². The number of nitrogens with zero attached hydrogens (tertiary/aromatic N) is 1. The third kappa shape index (κ3) is 2.09. The van der Waals surface area contributed by atoms with Crippen LogP contribution in [0.2, 0.25) is 5.02 Å². The highest BCUT2D eigenvalue weighted by molar-refractivity contribution is 7.89. The van der Waals surface area contributed by atoms with Crippen LogP contribution in [-0.4, -0.2) is 31.5 Å². The highest BCUT2D eigenvalue weighted by atomic mass is 35.5. The summed E-state index contributed by atoms with van der Waals surface area (Å²) >= 11 is 5.69. The quantitative estimate of drug-likeness (QED) is 0.798. The van der Waals surface area contributed by atoms with E-state index in [1.807, 2.05) is 0 Å². The van der Waals surface area contributed by atoms with E-state index in [-0.39, 0.29) is 11.5 Å². The predicted molar refractivity (Wildman–Crippen MR) is 65.8 cm³/mol. The highest BCUT2D eigenvalue weighted by Crippen LogP contribution is 2.25. The van der Waals surface area contributed by atoms with Gasteiger partial charge in [0.1, 0.15) is 12.6 Å². The molecule has 0 saturated carbocycles. The molecule has 0 aliphatic carbocycles. The van der Waals surface area contributed by atoms with Crippen LogP contribution < -0.4 is 0 Å². The summed E-state index contributed by atoms with van der Waals surface area (Å²) in [6.45, 7) is 3.47. The van der Waals surface area contributed by atoms with Crippen LogP contribution in [0.15, 0.2) is 41.8 Å². The van der Waals surface area contributed by atoms with Crippen molar-refractivity contribution in [2.75, 3.05) is 6.61 Å². The summed E-state index contributed by atoms with van der Waals surface area (Å²) in [5, 5.41) is 0.415. The van der Waals surface area contributed by atoms with Crippen LogP contribution in [0.4, 0.5) is 4.79 Å². The third-order valence-electron chi connectivity index (χ3n) is 2.50. The minimum atomic E-state index is -3.94. The highest BCUT2D eigenvalue weighted by Gasteiger charge is 2.41. The first-order chi connectivity index (χ1) is 8.46. The molecule has 0 N–H and O–H groups in total. The molecule has 5 nitrogen and oxygen atoms in total. The maximum absolute atomic E-state index is 12.3. The first kappa shape index (κ1) is 12.9. The van der Waals surface area contributed by atoms with E-state index in [2.05, 4.69) is 6.58 Å². The molecule has 0 unspecified atom stereocenters. The molecule has 1 heterocycles. The van der Waals surface area contributed by atoms with Gasteiger partial charge in [-0.2, -0.15) is 4.31 Å². The van der Waals surface area contributed by atoms with Gasteiger partial charge in [0.25, 0.3) is 10.0 Å². The number of benzene rings is 1. The number of hydrogen-bond acceptors (Lipinski definition) is 4. The van der Waals surface area contributed by atoms with Crippen LogP contribution in [0.25, 0.3) is 0 Å². The summed E-state index contributed by atoms with van der Waals surface area (Å²) in [6, 6.07) is 4.88. The number of rotatable bonds is 3. The molecule has 1 aromatic rings. The molecule has 0 aromatic heterocycles. The first-order valence-corrected chi connectivity index (χ1v) is 6.88. The van der Waals surface area contributed by atoms with E-state index < -0.39 is 22.2 Å². The predicted octanol–water partition coefficient (Wildman–Crippen LogP) is 2.04. The van der Waals surface area contributed by atoms with Crippen molar-refractivity contribution in [3.05, 3.63) is 41.9 Å². The molecule has 0 bridgehead atoms. The maximum Gasteiger partial charge on any atom is 0.424 e. The van der Waals surface area contributed by atoms with Crippen molar-refractivity contribution in [1.29, 1.82) is 0 Å². The van der Waals surface area contributed by atoms with Crippen LogP contribution in [0.5, 0.6) is 0 Å². The van der Waals surface area contributed by atoms with Gasteiger partial charge in [-0.05, 0) is 24.3 Å². The van der Waals surface area contributed by atoms with Gasteiger partial charge in [-0.3, -0.25) is 0 Å².